The number of rotatable bonds is 6. The molecule has 6 aromatic rings. The van der Waals surface area contributed by atoms with E-state index in [1.807, 2.05) is 13.1 Å². The van der Waals surface area contributed by atoms with Gasteiger partial charge in [0.05, 0.1) is 12.4 Å². The molecular formula is C29H20F2N6O3. The van der Waals surface area contributed by atoms with Crippen molar-refractivity contribution >= 4 is 17.1 Å². The number of benzene rings is 2. The van der Waals surface area contributed by atoms with Gasteiger partial charge in [-0.25, -0.2) is 13.3 Å². The van der Waals surface area contributed by atoms with Crippen molar-refractivity contribution < 1.29 is 18.3 Å². The zero-order chi connectivity index (χ0) is 27.8. The molecule has 2 aromatic carbocycles. The second-order valence-electron chi connectivity index (χ2n) is 9.00. The molecule has 0 bridgehead atoms. The van der Waals surface area contributed by atoms with Crippen molar-refractivity contribution in [2.24, 2.45) is 0 Å². The highest BCUT2D eigenvalue weighted by molar-refractivity contribution is 6.04. The van der Waals surface area contributed by atoms with E-state index in [2.05, 4.69) is 25.6 Å². The number of aromatic nitrogens is 5. The van der Waals surface area contributed by atoms with E-state index in [1.165, 1.54) is 48.7 Å². The Morgan fingerprint density at radius 1 is 0.975 bits per heavy atom. The SMILES string of the molecule is Cc1[nH]ncc1-c1cc(Oc2ccc(NC(=O)c3cc(-c4ccc(F)cc4)c[nH]c3=O)cc2F)c2ccnn2c1. The third-order valence-corrected chi connectivity index (χ3v) is 6.35. The molecule has 0 aliphatic rings. The maximum Gasteiger partial charge on any atom is 0.261 e. The van der Waals surface area contributed by atoms with Crippen LogP contribution < -0.4 is 15.6 Å². The third kappa shape index (κ3) is 4.71. The quantitative estimate of drug-likeness (QED) is 0.251. The van der Waals surface area contributed by atoms with Gasteiger partial charge in [-0.1, -0.05) is 12.1 Å². The summed E-state index contributed by atoms with van der Waals surface area (Å²) in [5.41, 5.74) is 3.54. The fourth-order valence-corrected chi connectivity index (χ4v) is 4.31. The molecule has 0 spiro atoms. The molecule has 6 rings (SSSR count). The number of carbonyl (C=O) groups is 1. The highest BCUT2D eigenvalue weighted by Gasteiger charge is 2.16. The maximum atomic E-state index is 15.1. The van der Waals surface area contributed by atoms with Gasteiger partial charge >= 0.3 is 0 Å². The van der Waals surface area contributed by atoms with Gasteiger partial charge < -0.3 is 15.0 Å². The van der Waals surface area contributed by atoms with Gasteiger partial charge in [0.25, 0.3) is 11.5 Å². The Morgan fingerprint density at radius 3 is 2.55 bits per heavy atom. The van der Waals surface area contributed by atoms with Crippen LogP contribution in [0.3, 0.4) is 0 Å². The average Bonchev–Trinajstić information content (AvgIpc) is 3.60. The molecular weight excluding hydrogens is 518 g/mol. The van der Waals surface area contributed by atoms with Crippen molar-refractivity contribution in [1.82, 2.24) is 24.8 Å². The molecule has 0 aliphatic carbocycles. The van der Waals surface area contributed by atoms with Crippen LogP contribution in [0.25, 0.3) is 27.8 Å². The number of aryl methyl sites for hydroxylation is 1. The van der Waals surface area contributed by atoms with E-state index in [0.717, 1.165) is 22.9 Å². The van der Waals surface area contributed by atoms with Gasteiger partial charge in [-0.2, -0.15) is 10.2 Å². The Morgan fingerprint density at radius 2 is 1.80 bits per heavy atom. The number of aromatic amines is 2. The first-order valence-corrected chi connectivity index (χ1v) is 12.1. The normalized spacial score (nSPS) is 11.1. The van der Waals surface area contributed by atoms with Crippen LogP contribution in [0.2, 0.25) is 0 Å². The molecule has 0 fully saturated rings. The average molecular weight is 539 g/mol. The maximum absolute atomic E-state index is 15.1. The van der Waals surface area contributed by atoms with Crippen LogP contribution in [0, 0.1) is 18.6 Å². The second-order valence-corrected chi connectivity index (χ2v) is 9.00. The van der Waals surface area contributed by atoms with Crippen LogP contribution in [0.4, 0.5) is 14.5 Å². The number of fused-ring (bicyclic) bond motifs is 1. The largest absolute Gasteiger partial charge is 0.452 e. The van der Waals surface area contributed by atoms with Crippen molar-refractivity contribution in [2.45, 2.75) is 6.92 Å². The first-order valence-electron chi connectivity index (χ1n) is 12.1. The van der Waals surface area contributed by atoms with E-state index < -0.39 is 23.1 Å². The van der Waals surface area contributed by atoms with Crippen molar-refractivity contribution in [3.8, 4) is 33.8 Å². The van der Waals surface area contributed by atoms with Crippen LogP contribution >= 0.6 is 0 Å². The number of amides is 1. The van der Waals surface area contributed by atoms with Crippen molar-refractivity contribution in [3.63, 3.8) is 0 Å². The summed E-state index contributed by atoms with van der Waals surface area (Å²) >= 11 is 0. The standard InChI is InChI=1S/C29H20F2N6O3/c1-16-23(14-33-36-16)19-11-27(25-8-9-34-37(25)15-19)40-26-7-6-21(12-24(26)31)35-29(39)22-10-18(13-32-28(22)38)17-2-4-20(30)5-3-17/h2-15H,1H3,(H,32,38)(H,33,36)(H,35,39). The second kappa shape index (κ2) is 9.95. The topological polar surface area (TPSA) is 117 Å². The Kier molecular flexibility index (Phi) is 6.15. The molecule has 1 amide bonds. The minimum Gasteiger partial charge on any atom is -0.452 e. The van der Waals surface area contributed by atoms with Crippen molar-refractivity contribution in [2.75, 3.05) is 5.32 Å². The summed E-state index contributed by atoms with van der Waals surface area (Å²) in [5, 5.41) is 13.8. The van der Waals surface area contributed by atoms with Crippen LogP contribution in [-0.4, -0.2) is 30.7 Å². The predicted octanol–water partition coefficient (Wildman–Crippen LogP) is 5.71. The molecule has 0 radical (unpaired) electrons. The number of hydrogen-bond acceptors (Lipinski definition) is 5. The molecule has 0 saturated carbocycles. The molecule has 4 heterocycles. The molecule has 3 N–H and O–H groups in total. The van der Waals surface area contributed by atoms with Crippen LogP contribution in [0.15, 0.2) is 90.2 Å². The molecule has 0 atom stereocenters. The number of anilines is 1. The van der Waals surface area contributed by atoms with Gasteiger partial charge in [0.15, 0.2) is 17.3 Å². The number of nitrogens with zero attached hydrogens (tertiary/aromatic N) is 3. The summed E-state index contributed by atoms with van der Waals surface area (Å²) < 4.78 is 36.0. The van der Waals surface area contributed by atoms with Gasteiger partial charge in [0.1, 0.15) is 16.9 Å². The number of nitrogens with one attached hydrogen (secondary N) is 3. The summed E-state index contributed by atoms with van der Waals surface area (Å²) in [4.78, 5) is 27.7. The number of halogens is 2. The van der Waals surface area contributed by atoms with Crippen LogP contribution in [-0.2, 0) is 0 Å². The van der Waals surface area contributed by atoms with E-state index in [-0.39, 0.29) is 17.0 Å². The lowest BCUT2D eigenvalue weighted by Crippen LogP contribution is -2.23. The zero-order valence-corrected chi connectivity index (χ0v) is 20.9. The highest BCUT2D eigenvalue weighted by Crippen LogP contribution is 2.34. The monoisotopic (exact) mass is 538 g/mol. The Bertz CT molecular complexity index is 1940. The summed E-state index contributed by atoms with van der Waals surface area (Å²) in [5.74, 6) is -1.57. The van der Waals surface area contributed by atoms with Crippen LogP contribution in [0.5, 0.6) is 11.5 Å². The third-order valence-electron chi connectivity index (χ3n) is 6.35. The Balaban J connectivity index is 1.25. The first kappa shape index (κ1) is 24.7. The molecule has 198 valence electrons. The predicted molar refractivity (Wildman–Crippen MR) is 144 cm³/mol. The fraction of sp³-hybridized carbons (Fsp3) is 0.0345. The first-order chi connectivity index (χ1) is 19.4. The number of pyridine rings is 2. The van der Waals surface area contributed by atoms with Crippen molar-refractivity contribution in [3.05, 3.63) is 119 Å². The summed E-state index contributed by atoms with van der Waals surface area (Å²) in [7, 11) is 0. The van der Waals surface area contributed by atoms with Gasteiger partial charge in [0, 0.05) is 41.0 Å². The number of carbonyl (C=O) groups excluding carboxylic acids is 1. The van der Waals surface area contributed by atoms with Gasteiger partial charge in [-0.15, -0.1) is 0 Å². The van der Waals surface area contributed by atoms with E-state index in [4.69, 9.17) is 4.74 Å². The Hall–Kier alpha value is -5.58. The summed E-state index contributed by atoms with van der Waals surface area (Å²) in [6, 6.07) is 14.5. The molecule has 9 nitrogen and oxygen atoms in total. The molecule has 0 saturated heterocycles. The lowest BCUT2D eigenvalue weighted by molar-refractivity contribution is 0.102. The van der Waals surface area contributed by atoms with Crippen molar-refractivity contribution in [1.29, 1.82) is 0 Å². The van der Waals surface area contributed by atoms with Crippen LogP contribution in [0.1, 0.15) is 16.1 Å². The van der Waals surface area contributed by atoms with Gasteiger partial charge in [-0.3, -0.25) is 14.7 Å². The van der Waals surface area contributed by atoms with E-state index in [0.29, 0.717) is 22.4 Å². The lowest BCUT2D eigenvalue weighted by Gasteiger charge is -2.12. The number of hydrogen-bond donors (Lipinski definition) is 3. The lowest BCUT2D eigenvalue weighted by atomic mass is 10.1. The molecule has 4 aromatic heterocycles. The molecule has 0 unspecified atom stereocenters. The number of ether oxygens (including phenoxy) is 1. The van der Waals surface area contributed by atoms with E-state index >= 15 is 4.39 Å². The zero-order valence-electron chi connectivity index (χ0n) is 20.9. The van der Waals surface area contributed by atoms with E-state index in [9.17, 15) is 14.0 Å². The minimum atomic E-state index is -0.734. The summed E-state index contributed by atoms with van der Waals surface area (Å²) in [6.07, 6.45) is 6.54. The number of H-pyrrole nitrogens is 2. The molecule has 11 heteroatoms. The smallest absolute Gasteiger partial charge is 0.261 e. The summed E-state index contributed by atoms with van der Waals surface area (Å²) in [6.45, 7) is 1.88. The van der Waals surface area contributed by atoms with Gasteiger partial charge in [-0.05, 0) is 60.5 Å². The van der Waals surface area contributed by atoms with E-state index in [1.54, 1.807) is 29.0 Å². The molecule has 0 aliphatic heterocycles. The van der Waals surface area contributed by atoms with Gasteiger partial charge in [0.2, 0.25) is 0 Å². The minimum absolute atomic E-state index is 0.0710. The Labute approximate surface area is 225 Å². The highest BCUT2D eigenvalue weighted by atomic mass is 19.1. The molecule has 40 heavy (non-hydrogen) atoms. The fourth-order valence-electron chi connectivity index (χ4n) is 4.31.